The number of carbonyl (C=O) groups is 2. The Bertz CT molecular complexity index is 516. The molecule has 0 spiro atoms. The van der Waals surface area contributed by atoms with Gasteiger partial charge in [-0.1, -0.05) is 6.92 Å². The first-order valence-electron chi connectivity index (χ1n) is 6.24. The zero-order valence-corrected chi connectivity index (χ0v) is 13.6. The van der Waals surface area contributed by atoms with Crippen molar-refractivity contribution in [3.8, 4) is 0 Å². The molecule has 1 aromatic heterocycles. The van der Waals surface area contributed by atoms with Gasteiger partial charge in [-0.3, -0.25) is 9.59 Å². The number of piperazine rings is 1. The van der Waals surface area contributed by atoms with Crippen LogP contribution in [-0.4, -0.2) is 28.3 Å². The third kappa shape index (κ3) is 2.56. The molecule has 1 saturated heterocycles. The van der Waals surface area contributed by atoms with Crippen LogP contribution in [0, 0.1) is 0 Å². The van der Waals surface area contributed by atoms with Gasteiger partial charge in [0.15, 0.2) is 0 Å². The summed E-state index contributed by atoms with van der Waals surface area (Å²) >= 11 is 5.05. The Hall–Kier alpha value is -0.880. The Morgan fingerprint density at radius 3 is 2.74 bits per heavy atom. The van der Waals surface area contributed by atoms with Crippen molar-refractivity contribution in [2.75, 3.05) is 0 Å². The predicted octanol–water partition coefficient (Wildman–Crippen LogP) is 2.53. The van der Waals surface area contributed by atoms with E-state index in [2.05, 4.69) is 21.2 Å². The first-order chi connectivity index (χ1) is 8.89. The van der Waals surface area contributed by atoms with Crippen molar-refractivity contribution >= 4 is 39.1 Å². The van der Waals surface area contributed by atoms with Crippen LogP contribution in [0.3, 0.4) is 0 Å². The predicted molar refractivity (Wildman–Crippen MR) is 78.9 cm³/mol. The molecule has 104 valence electrons. The van der Waals surface area contributed by atoms with Crippen LogP contribution in [-0.2, 0) is 16.1 Å². The van der Waals surface area contributed by atoms with E-state index in [1.54, 1.807) is 30.1 Å². The molecule has 0 aliphatic carbocycles. The lowest BCUT2D eigenvalue weighted by Gasteiger charge is -2.42. The van der Waals surface area contributed by atoms with E-state index in [0.29, 0.717) is 13.0 Å². The maximum Gasteiger partial charge on any atom is 0.249 e. The van der Waals surface area contributed by atoms with E-state index in [1.807, 2.05) is 18.4 Å². The van der Waals surface area contributed by atoms with Gasteiger partial charge < -0.3 is 10.2 Å². The highest BCUT2D eigenvalue weighted by Gasteiger charge is 2.45. The minimum Gasteiger partial charge on any atom is -0.340 e. The minimum absolute atomic E-state index is 0.0117. The number of thiophene rings is 1. The lowest BCUT2D eigenvalue weighted by molar-refractivity contribution is -0.154. The van der Waals surface area contributed by atoms with Gasteiger partial charge in [0.05, 0.1) is 6.54 Å². The number of amides is 2. The SMILES string of the molecule is CCC1(C)NC(=O)C(C)N(Cc2sccc2Br)C1=O. The summed E-state index contributed by atoms with van der Waals surface area (Å²) in [6, 6.07) is 1.53. The molecule has 2 rings (SSSR count). The second-order valence-electron chi connectivity index (χ2n) is 4.98. The summed E-state index contributed by atoms with van der Waals surface area (Å²) in [5.74, 6) is -0.0981. The summed E-state index contributed by atoms with van der Waals surface area (Å²) in [6.07, 6.45) is 0.590. The molecule has 0 aromatic carbocycles. The second-order valence-corrected chi connectivity index (χ2v) is 6.83. The highest BCUT2D eigenvalue weighted by Crippen LogP contribution is 2.28. The number of carbonyl (C=O) groups excluding carboxylic acids is 2. The molecule has 2 atom stereocenters. The summed E-state index contributed by atoms with van der Waals surface area (Å²) in [4.78, 5) is 27.3. The normalized spacial score (nSPS) is 27.6. The standard InChI is InChI=1S/C13H17BrN2O2S/c1-4-13(3)12(18)16(8(2)11(17)15-13)7-10-9(14)5-6-19-10/h5-6,8H,4,7H2,1-3H3,(H,15,17). The highest BCUT2D eigenvalue weighted by atomic mass is 79.9. The van der Waals surface area contributed by atoms with Gasteiger partial charge in [-0.2, -0.15) is 0 Å². The molecule has 1 fully saturated rings. The number of nitrogens with zero attached hydrogens (tertiary/aromatic N) is 1. The zero-order valence-electron chi connectivity index (χ0n) is 11.2. The maximum absolute atomic E-state index is 12.6. The fourth-order valence-electron chi connectivity index (χ4n) is 2.11. The third-order valence-corrected chi connectivity index (χ3v) is 5.60. The number of hydrogen-bond donors (Lipinski definition) is 1. The molecule has 1 aliphatic heterocycles. The summed E-state index contributed by atoms with van der Waals surface area (Å²) in [5.41, 5.74) is -0.784. The van der Waals surface area contributed by atoms with Crippen LogP contribution < -0.4 is 5.32 Å². The Morgan fingerprint density at radius 2 is 2.21 bits per heavy atom. The van der Waals surface area contributed by atoms with Crippen LogP contribution in [0.15, 0.2) is 15.9 Å². The second kappa shape index (κ2) is 5.25. The van der Waals surface area contributed by atoms with Gasteiger partial charge in [0.1, 0.15) is 11.6 Å². The number of hydrogen-bond acceptors (Lipinski definition) is 3. The van der Waals surface area contributed by atoms with Gasteiger partial charge in [0.25, 0.3) is 0 Å². The first-order valence-corrected chi connectivity index (χ1v) is 7.91. The van der Waals surface area contributed by atoms with E-state index >= 15 is 0 Å². The molecule has 4 nitrogen and oxygen atoms in total. The third-order valence-electron chi connectivity index (χ3n) is 3.69. The lowest BCUT2D eigenvalue weighted by Crippen LogP contribution is -2.67. The molecular weight excluding hydrogens is 328 g/mol. The first kappa shape index (κ1) is 14.5. The van der Waals surface area contributed by atoms with Crippen LogP contribution in [0.4, 0.5) is 0 Å². The van der Waals surface area contributed by atoms with Crippen LogP contribution >= 0.6 is 27.3 Å². The maximum atomic E-state index is 12.6. The molecule has 0 bridgehead atoms. The number of nitrogens with one attached hydrogen (secondary N) is 1. The van der Waals surface area contributed by atoms with Gasteiger partial charge in [0.2, 0.25) is 11.8 Å². The Balaban J connectivity index is 2.28. The molecule has 0 radical (unpaired) electrons. The topological polar surface area (TPSA) is 49.4 Å². The minimum atomic E-state index is -0.784. The molecule has 0 saturated carbocycles. The summed E-state index contributed by atoms with van der Waals surface area (Å²) in [5, 5.41) is 4.80. The average molecular weight is 345 g/mol. The van der Waals surface area contributed by atoms with E-state index in [-0.39, 0.29) is 11.8 Å². The van der Waals surface area contributed by atoms with Crippen molar-refractivity contribution < 1.29 is 9.59 Å². The smallest absolute Gasteiger partial charge is 0.249 e. The molecule has 6 heteroatoms. The summed E-state index contributed by atoms with van der Waals surface area (Å²) in [7, 11) is 0. The van der Waals surface area contributed by atoms with Crippen molar-refractivity contribution in [2.45, 2.75) is 45.3 Å². The van der Waals surface area contributed by atoms with E-state index in [0.717, 1.165) is 9.35 Å². The van der Waals surface area contributed by atoms with E-state index in [4.69, 9.17) is 0 Å². The lowest BCUT2D eigenvalue weighted by atomic mass is 9.92. The highest BCUT2D eigenvalue weighted by molar-refractivity contribution is 9.10. The van der Waals surface area contributed by atoms with Gasteiger partial charge in [-0.15, -0.1) is 11.3 Å². The largest absolute Gasteiger partial charge is 0.340 e. The summed E-state index contributed by atoms with van der Waals surface area (Å²) < 4.78 is 0.988. The van der Waals surface area contributed by atoms with E-state index in [9.17, 15) is 9.59 Å². The molecule has 19 heavy (non-hydrogen) atoms. The van der Waals surface area contributed by atoms with Gasteiger partial charge in [0, 0.05) is 9.35 Å². The van der Waals surface area contributed by atoms with E-state index in [1.165, 1.54) is 0 Å². The molecule has 2 amide bonds. The monoisotopic (exact) mass is 344 g/mol. The van der Waals surface area contributed by atoms with Crippen LogP contribution in [0.25, 0.3) is 0 Å². The quantitative estimate of drug-likeness (QED) is 0.915. The van der Waals surface area contributed by atoms with Crippen molar-refractivity contribution in [1.29, 1.82) is 0 Å². The molecule has 2 heterocycles. The Labute approximate surface area is 125 Å². The average Bonchev–Trinajstić information content (AvgIpc) is 2.78. The van der Waals surface area contributed by atoms with Gasteiger partial charge >= 0.3 is 0 Å². The molecule has 1 N–H and O–H groups in total. The zero-order chi connectivity index (χ0) is 14.2. The fraction of sp³-hybridized carbons (Fsp3) is 0.538. The van der Waals surface area contributed by atoms with Crippen molar-refractivity contribution in [3.05, 3.63) is 20.8 Å². The molecule has 1 aliphatic rings. The van der Waals surface area contributed by atoms with Crippen LogP contribution in [0.5, 0.6) is 0 Å². The molecular formula is C13H17BrN2O2S. The molecule has 2 unspecified atom stereocenters. The van der Waals surface area contributed by atoms with Crippen LogP contribution in [0.2, 0.25) is 0 Å². The summed E-state index contributed by atoms with van der Waals surface area (Å²) in [6.45, 7) is 5.94. The Kier molecular flexibility index (Phi) is 4.01. The molecule has 1 aromatic rings. The van der Waals surface area contributed by atoms with Crippen molar-refractivity contribution in [2.24, 2.45) is 0 Å². The van der Waals surface area contributed by atoms with Gasteiger partial charge in [-0.05, 0) is 47.6 Å². The van der Waals surface area contributed by atoms with Gasteiger partial charge in [-0.25, -0.2) is 0 Å². The van der Waals surface area contributed by atoms with Crippen molar-refractivity contribution in [1.82, 2.24) is 10.2 Å². The Morgan fingerprint density at radius 1 is 1.53 bits per heavy atom. The van der Waals surface area contributed by atoms with Crippen molar-refractivity contribution in [3.63, 3.8) is 0 Å². The number of rotatable bonds is 3. The van der Waals surface area contributed by atoms with Crippen LogP contribution in [0.1, 0.15) is 32.1 Å². The number of halogens is 1. The van der Waals surface area contributed by atoms with E-state index < -0.39 is 11.6 Å². The fourth-order valence-corrected chi connectivity index (χ4v) is 3.58.